The molecule has 0 saturated heterocycles. The second kappa shape index (κ2) is 4.66. The van der Waals surface area contributed by atoms with E-state index in [9.17, 15) is 0 Å². The first-order valence-electron chi connectivity index (χ1n) is 5.82. The quantitative estimate of drug-likeness (QED) is 0.787. The number of hydrogen-bond donors (Lipinski definition) is 2. The fourth-order valence-electron chi connectivity index (χ4n) is 2.27. The van der Waals surface area contributed by atoms with Gasteiger partial charge in [0.1, 0.15) is 0 Å². The molecule has 1 aromatic heterocycles. The van der Waals surface area contributed by atoms with Gasteiger partial charge in [-0.05, 0) is 25.7 Å². The van der Waals surface area contributed by atoms with Crippen LogP contribution in [0.25, 0.3) is 0 Å². The van der Waals surface area contributed by atoms with E-state index < -0.39 is 0 Å². The highest BCUT2D eigenvalue weighted by molar-refractivity contribution is 5.25. The molecule has 2 atom stereocenters. The number of nitrogens with one attached hydrogen (secondary N) is 1. The molecule has 84 valence electrons. The molecule has 0 aliphatic heterocycles. The molecule has 1 saturated carbocycles. The Hall–Kier alpha value is -1.03. The van der Waals surface area contributed by atoms with Gasteiger partial charge in [-0.3, -0.25) is 0 Å². The summed E-state index contributed by atoms with van der Waals surface area (Å²) in [4.78, 5) is 4.28. The van der Waals surface area contributed by atoms with Crippen LogP contribution in [0.4, 0.5) is 5.95 Å². The standard InChI is InChI=1S/C11H20N4/c1-2-15-7-6-13-11(15)14-8-9-4-3-5-10(9)12/h6-7,9-10H,2-5,8,12H2,1H3,(H,13,14). The maximum Gasteiger partial charge on any atom is 0.202 e. The van der Waals surface area contributed by atoms with Crippen molar-refractivity contribution < 1.29 is 0 Å². The van der Waals surface area contributed by atoms with Crippen LogP contribution in [0, 0.1) is 5.92 Å². The number of aryl methyl sites for hydroxylation is 1. The Morgan fingerprint density at radius 2 is 2.47 bits per heavy atom. The maximum atomic E-state index is 6.02. The molecular weight excluding hydrogens is 188 g/mol. The highest BCUT2D eigenvalue weighted by Gasteiger charge is 2.23. The first kappa shape index (κ1) is 10.5. The Morgan fingerprint density at radius 1 is 1.60 bits per heavy atom. The minimum Gasteiger partial charge on any atom is -0.355 e. The summed E-state index contributed by atoms with van der Waals surface area (Å²) in [7, 11) is 0. The fourth-order valence-corrected chi connectivity index (χ4v) is 2.27. The van der Waals surface area contributed by atoms with Crippen molar-refractivity contribution in [3.05, 3.63) is 12.4 Å². The van der Waals surface area contributed by atoms with Crippen LogP contribution in [0.1, 0.15) is 26.2 Å². The number of nitrogens with zero attached hydrogens (tertiary/aromatic N) is 2. The molecule has 0 bridgehead atoms. The average Bonchev–Trinajstić information content (AvgIpc) is 2.83. The van der Waals surface area contributed by atoms with Gasteiger partial charge in [0.2, 0.25) is 5.95 Å². The van der Waals surface area contributed by atoms with Crippen molar-refractivity contribution in [1.29, 1.82) is 0 Å². The van der Waals surface area contributed by atoms with Gasteiger partial charge in [-0.25, -0.2) is 4.98 Å². The predicted molar refractivity (Wildman–Crippen MR) is 61.7 cm³/mol. The molecule has 1 aromatic rings. The molecule has 1 heterocycles. The summed E-state index contributed by atoms with van der Waals surface area (Å²) in [5, 5.41) is 3.39. The van der Waals surface area contributed by atoms with Crippen molar-refractivity contribution in [3.63, 3.8) is 0 Å². The molecular formula is C11H20N4. The second-order valence-corrected chi connectivity index (χ2v) is 4.27. The molecule has 3 N–H and O–H groups in total. The third kappa shape index (κ3) is 2.31. The van der Waals surface area contributed by atoms with Gasteiger partial charge >= 0.3 is 0 Å². The van der Waals surface area contributed by atoms with Crippen molar-refractivity contribution in [1.82, 2.24) is 9.55 Å². The summed E-state index contributed by atoms with van der Waals surface area (Å²) in [6.07, 6.45) is 7.53. The lowest BCUT2D eigenvalue weighted by Crippen LogP contribution is -2.30. The van der Waals surface area contributed by atoms with E-state index in [-0.39, 0.29) is 0 Å². The number of aromatic nitrogens is 2. The zero-order valence-corrected chi connectivity index (χ0v) is 9.32. The average molecular weight is 208 g/mol. The van der Waals surface area contributed by atoms with Gasteiger partial charge in [-0.2, -0.15) is 0 Å². The Labute approximate surface area is 90.9 Å². The summed E-state index contributed by atoms with van der Waals surface area (Å²) in [5.74, 6) is 1.59. The smallest absolute Gasteiger partial charge is 0.202 e. The number of imidazole rings is 1. The topological polar surface area (TPSA) is 55.9 Å². The zero-order chi connectivity index (χ0) is 10.7. The van der Waals surface area contributed by atoms with Gasteiger partial charge in [0.25, 0.3) is 0 Å². The fraction of sp³-hybridized carbons (Fsp3) is 0.727. The molecule has 0 radical (unpaired) electrons. The second-order valence-electron chi connectivity index (χ2n) is 4.27. The largest absolute Gasteiger partial charge is 0.355 e. The first-order chi connectivity index (χ1) is 7.31. The van der Waals surface area contributed by atoms with Crippen molar-refractivity contribution >= 4 is 5.95 Å². The van der Waals surface area contributed by atoms with Gasteiger partial charge in [0.15, 0.2) is 0 Å². The molecule has 4 nitrogen and oxygen atoms in total. The highest BCUT2D eigenvalue weighted by Crippen LogP contribution is 2.24. The van der Waals surface area contributed by atoms with Gasteiger partial charge < -0.3 is 15.6 Å². The van der Waals surface area contributed by atoms with Gasteiger partial charge in [-0.15, -0.1) is 0 Å². The number of anilines is 1. The molecule has 15 heavy (non-hydrogen) atoms. The van der Waals surface area contributed by atoms with Crippen LogP contribution >= 0.6 is 0 Å². The number of nitrogens with two attached hydrogens (primary N) is 1. The van der Waals surface area contributed by atoms with Crippen molar-refractivity contribution in [2.75, 3.05) is 11.9 Å². The van der Waals surface area contributed by atoms with E-state index in [1.165, 1.54) is 19.3 Å². The summed E-state index contributed by atoms with van der Waals surface area (Å²) in [6.45, 7) is 4.03. The normalized spacial score (nSPS) is 25.7. The van der Waals surface area contributed by atoms with Crippen molar-refractivity contribution in [2.24, 2.45) is 11.7 Å². The van der Waals surface area contributed by atoms with Crippen LogP contribution in [-0.4, -0.2) is 22.1 Å². The van der Waals surface area contributed by atoms with Crippen LogP contribution in [0.15, 0.2) is 12.4 Å². The van der Waals surface area contributed by atoms with Crippen LogP contribution in [-0.2, 0) is 6.54 Å². The van der Waals surface area contributed by atoms with E-state index in [2.05, 4.69) is 21.8 Å². The summed E-state index contributed by atoms with van der Waals surface area (Å²) >= 11 is 0. The highest BCUT2D eigenvalue weighted by atomic mass is 15.2. The lowest BCUT2D eigenvalue weighted by atomic mass is 10.1. The monoisotopic (exact) mass is 208 g/mol. The maximum absolute atomic E-state index is 6.02. The van der Waals surface area contributed by atoms with E-state index in [0.717, 1.165) is 19.0 Å². The third-order valence-electron chi connectivity index (χ3n) is 3.30. The first-order valence-corrected chi connectivity index (χ1v) is 5.82. The Bertz CT molecular complexity index is 307. The molecule has 0 aromatic carbocycles. The minimum atomic E-state index is 0.377. The van der Waals surface area contributed by atoms with Crippen LogP contribution < -0.4 is 11.1 Å². The Kier molecular flexibility index (Phi) is 3.26. The van der Waals surface area contributed by atoms with Crippen LogP contribution in [0.5, 0.6) is 0 Å². The van der Waals surface area contributed by atoms with E-state index in [4.69, 9.17) is 5.73 Å². The summed E-state index contributed by atoms with van der Waals surface area (Å²) in [5.41, 5.74) is 6.02. The van der Waals surface area contributed by atoms with E-state index in [1.54, 1.807) is 0 Å². The summed E-state index contributed by atoms with van der Waals surface area (Å²) in [6, 6.07) is 0.377. The van der Waals surface area contributed by atoms with Crippen LogP contribution in [0.2, 0.25) is 0 Å². The number of hydrogen-bond acceptors (Lipinski definition) is 3. The van der Waals surface area contributed by atoms with Gasteiger partial charge in [0, 0.05) is 31.5 Å². The molecule has 0 spiro atoms. The summed E-state index contributed by atoms with van der Waals surface area (Å²) < 4.78 is 2.11. The SMILES string of the molecule is CCn1ccnc1NCC1CCCC1N. The van der Waals surface area contributed by atoms with E-state index in [1.807, 2.05) is 12.4 Å². The Balaban J connectivity index is 1.87. The number of rotatable bonds is 4. The van der Waals surface area contributed by atoms with E-state index >= 15 is 0 Å². The minimum absolute atomic E-state index is 0.377. The molecule has 2 unspecified atom stereocenters. The molecule has 4 heteroatoms. The molecule has 1 aliphatic rings. The van der Waals surface area contributed by atoms with Crippen molar-refractivity contribution in [3.8, 4) is 0 Å². The molecule has 2 rings (SSSR count). The molecule has 0 amide bonds. The molecule has 1 aliphatic carbocycles. The lowest BCUT2D eigenvalue weighted by molar-refractivity contribution is 0.502. The lowest BCUT2D eigenvalue weighted by Gasteiger charge is -2.16. The third-order valence-corrected chi connectivity index (χ3v) is 3.30. The zero-order valence-electron chi connectivity index (χ0n) is 9.32. The Morgan fingerprint density at radius 3 is 3.13 bits per heavy atom. The van der Waals surface area contributed by atoms with Gasteiger partial charge in [-0.1, -0.05) is 6.42 Å². The van der Waals surface area contributed by atoms with Crippen molar-refractivity contribution in [2.45, 2.75) is 38.8 Å². The van der Waals surface area contributed by atoms with Gasteiger partial charge in [0.05, 0.1) is 0 Å². The van der Waals surface area contributed by atoms with Crippen LogP contribution in [0.3, 0.4) is 0 Å². The molecule has 1 fully saturated rings. The predicted octanol–water partition coefficient (Wildman–Crippen LogP) is 1.44. The van der Waals surface area contributed by atoms with E-state index in [0.29, 0.717) is 12.0 Å².